The van der Waals surface area contributed by atoms with Crippen LogP contribution in [0.3, 0.4) is 0 Å². The van der Waals surface area contributed by atoms with Crippen molar-refractivity contribution in [2.45, 2.75) is 45.1 Å². The van der Waals surface area contributed by atoms with Gasteiger partial charge in [0.2, 0.25) is 5.91 Å². The third-order valence-corrected chi connectivity index (χ3v) is 4.43. The van der Waals surface area contributed by atoms with Gasteiger partial charge in [-0.3, -0.25) is 9.69 Å². The Morgan fingerprint density at radius 1 is 1.22 bits per heavy atom. The maximum atomic E-state index is 12.0. The average Bonchev–Trinajstić information content (AvgIpc) is 2.92. The highest BCUT2D eigenvalue weighted by atomic mass is 16.2. The van der Waals surface area contributed by atoms with Crippen LogP contribution in [0.2, 0.25) is 0 Å². The number of carbonyl (C=O) groups excluding carboxylic acids is 1. The standard InChI is InChI=1S/C14H27N3O/c1-12(11-15)10-14(18)17-8-6-16(7-9-17)13-4-2-3-5-13/h12-13H,2-11,15H2,1H3. The first-order valence-corrected chi connectivity index (χ1v) is 7.42. The highest BCUT2D eigenvalue weighted by molar-refractivity contribution is 5.76. The van der Waals surface area contributed by atoms with Crippen molar-refractivity contribution in [2.75, 3.05) is 32.7 Å². The molecule has 1 aliphatic heterocycles. The summed E-state index contributed by atoms with van der Waals surface area (Å²) in [5.41, 5.74) is 5.58. The molecule has 4 heteroatoms. The molecule has 2 N–H and O–H groups in total. The summed E-state index contributed by atoms with van der Waals surface area (Å²) in [5, 5.41) is 0. The Labute approximate surface area is 110 Å². The zero-order valence-corrected chi connectivity index (χ0v) is 11.6. The molecule has 1 unspecified atom stereocenters. The molecule has 1 amide bonds. The monoisotopic (exact) mass is 253 g/mol. The minimum Gasteiger partial charge on any atom is -0.340 e. The summed E-state index contributed by atoms with van der Waals surface area (Å²) in [5.74, 6) is 0.601. The Bertz CT molecular complexity index is 268. The van der Waals surface area contributed by atoms with E-state index in [-0.39, 0.29) is 0 Å². The molecular weight excluding hydrogens is 226 g/mol. The fraction of sp³-hybridized carbons (Fsp3) is 0.929. The second kappa shape index (κ2) is 6.53. The predicted molar refractivity (Wildman–Crippen MR) is 73.2 cm³/mol. The van der Waals surface area contributed by atoms with Crippen LogP contribution in [0.15, 0.2) is 0 Å². The van der Waals surface area contributed by atoms with E-state index in [1.165, 1.54) is 25.7 Å². The molecule has 2 aliphatic rings. The lowest BCUT2D eigenvalue weighted by atomic mass is 10.1. The van der Waals surface area contributed by atoms with Gasteiger partial charge in [-0.2, -0.15) is 0 Å². The summed E-state index contributed by atoms with van der Waals surface area (Å²) in [6.45, 7) is 6.60. The van der Waals surface area contributed by atoms with Crippen molar-refractivity contribution in [2.24, 2.45) is 11.7 Å². The lowest BCUT2D eigenvalue weighted by Gasteiger charge is -2.38. The van der Waals surface area contributed by atoms with Gasteiger partial charge in [0.15, 0.2) is 0 Å². The first-order valence-electron chi connectivity index (χ1n) is 7.42. The van der Waals surface area contributed by atoms with Gasteiger partial charge in [0.05, 0.1) is 0 Å². The summed E-state index contributed by atoms with van der Waals surface area (Å²) < 4.78 is 0. The summed E-state index contributed by atoms with van der Waals surface area (Å²) in [7, 11) is 0. The van der Waals surface area contributed by atoms with E-state index in [9.17, 15) is 4.79 Å². The second-order valence-corrected chi connectivity index (χ2v) is 5.90. The lowest BCUT2D eigenvalue weighted by molar-refractivity contribution is -0.134. The lowest BCUT2D eigenvalue weighted by Crippen LogP contribution is -2.51. The smallest absolute Gasteiger partial charge is 0.222 e. The summed E-state index contributed by atoms with van der Waals surface area (Å²) in [6, 6.07) is 0.796. The topological polar surface area (TPSA) is 49.6 Å². The Morgan fingerprint density at radius 3 is 2.39 bits per heavy atom. The zero-order valence-electron chi connectivity index (χ0n) is 11.6. The normalized spacial score (nSPS) is 24.4. The van der Waals surface area contributed by atoms with E-state index in [0.717, 1.165) is 32.2 Å². The van der Waals surface area contributed by atoms with Crippen molar-refractivity contribution in [3.05, 3.63) is 0 Å². The molecule has 0 aromatic carbocycles. The van der Waals surface area contributed by atoms with Gasteiger partial charge in [0, 0.05) is 38.6 Å². The SMILES string of the molecule is CC(CN)CC(=O)N1CCN(C2CCCC2)CC1. The maximum Gasteiger partial charge on any atom is 0.222 e. The number of nitrogens with zero attached hydrogens (tertiary/aromatic N) is 2. The van der Waals surface area contributed by atoms with Gasteiger partial charge in [0.1, 0.15) is 0 Å². The molecule has 0 bridgehead atoms. The van der Waals surface area contributed by atoms with Gasteiger partial charge < -0.3 is 10.6 Å². The molecule has 0 radical (unpaired) electrons. The molecule has 104 valence electrons. The van der Waals surface area contributed by atoms with Crippen molar-refractivity contribution in [3.63, 3.8) is 0 Å². The molecule has 1 saturated carbocycles. The molecule has 18 heavy (non-hydrogen) atoms. The molecular formula is C14H27N3O. The second-order valence-electron chi connectivity index (χ2n) is 5.90. The molecule has 1 heterocycles. The van der Waals surface area contributed by atoms with Crippen LogP contribution in [0.5, 0.6) is 0 Å². The van der Waals surface area contributed by atoms with Crippen LogP contribution in [-0.4, -0.2) is 54.5 Å². The van der Waals surface area contributed by atoms with Crippen LogP contribution in [0.1, 0.15) is 39.0 Å². The van der Waals surface area contributed by atoms with Gasteiger partial charge in [-0.05, 0) is 25.3 Å². The van der Waals surface area contributed by atoms with E-state index in [1.807, 2.05) is 11.8 Å². The number of piperazine rings is 1. The van der Waals surface area contributed by atoms with E-state index in [0.29, 0.717) is 24.8 Å². The average molecular weight is 253 g/mol. The number of hydrogen-bond acceptors (Lipinski definition) is 3. The maximum absolute atomic E-state index is 12.0. The van der Waals surface area contributed by atoms with E-state index in [4.69, 9.17) is 5.73 Å². The van der Waals surface area contributed by atoms with Crippen molar-refractivity contribution in [1.82, 2.24) is 9.80 Å². The largest absolute Gasteiger partial charge is 0.340 e. The molecule has 2 rings (SSSR count). The van der Waals surface area contributed by atoms with E-state index in [2.05, 4.69) is 4.90 Å². The minimum absolute atomic E-state index is 0.291. The molecule has 1 atom stereocenters. The molecule has 0 aromatic rings. The quantitative estimate of drug-likeness (QED) is 0.815. The first-order chi connectivity index (χ1) is 8.70. The van der Waals surface area contributed by atoms with Crippen LogP contribution in [0.4, 0.5) is 0 Å². The molecule has 0 aromatic heterocycles. The Hall–Kier alpha value is -0.610. The van der Waals surface area contributed by atoms with E-state index < -0.39 is 0 Å². The first kappa shape index (κ1) is 13.8. The number of amides is 1. The van der Waals surface area contributed by atoms with Gasteiger partial charge in [-0.1, -0.05) is 19.8 Å². The number of nitrogens with two attached hydrogens (primary N) is 1. The van der Waals surface area contributed by atoms with E-state index >= 15 is 0 Å². The molecule has 1 aliphatic carbocycles. The van der Waals surface area contributed by atoms with Crippen LogP contribution < -0.4 is 5.73 Å². The molecule has 0 spiro atoms. The Balaban J connectivity index is 1.73. The van der Waals surface area contributed by atoms with Gasteiger partial charge >= 0.3 is 0 Å². The summed E-state index contributed by atoms with van der Waals surface area (Å²) >= 11 is 0. The van der Waals surface area contributed by atoms with E-state index in [1.54, 1.807) is 0 Å². The number of carbonyl (C=O) groups is 1. The summed E-state index contributed by atoms with van der Waals surface area (Å²) in [4.78, 5) is 16.7. The van der Waals surface area contributed by atoms with Crippen LogP contribution in [0.25, 0.3) is 0 Å². The zero-order chi connectivity index (χ0) is 13.0. The third-order valence-electron chi connectivity index (χ3n) is 4.43. The highest BCUT2D eigenvalue weighted by Crippen LogP contribution is 2.24. The minimum atomic E-state index is 0.291. The van der Waals surface area contributed by atoms with Crippen molar-refractivity contribution in [1.29, 1.82) is 0 Å². The van der Waals surface area contributed by atoms with Gasteiger partial charge in [-0.25, -0.2) is 0 Å². The van der Waals surface area contributed by atoms with Gasteiger partial charge in [-0.15, -0.1) is 0 Å². The van der Waals surface area contributed by atoms with Gasteiger partial charge in [0.25, 0.3) is 0 Å². The highest BCUT2D eigenvalue weighted by Gasteiger charge is 2.27. The van der Waals surface area contributed by atoms with Crippen molar-refractivity contribution in [3.8, 4) is 0 Å². The molecule has 4 nitrogen and oxygen atoms in total. The Morgan fingerprint density at radius 2 is 1.83 bits per heavy atom. The van der Waals surface area contributed by atoms with Crippen LogP contribution in [0, 0.1) is 5.92 Å². The van der Waals surface area contributed by atoms with Crippen molar-refractivity contribution < 1.29 is 4.79 Å². The van der Waals surface area contributed by atoms with Crippen LogP contribution in [-0.2, 0) is 4.79 Å². The predicted octanol–water partition coefficient (Wildman–Crippen LogP) is 1.06. The van der Waals surface area contributed by atoms with Crippen LogP contribution >= 0.6 is 0 Å². The van der Waals surface area contributed by atoms with Crippen molar-refractivity contribution >= 4 is 5.91 Å². The fourth-order valence-corrected chi connectivity index (χ4v) is 3.12. The fourth-order valence-electron chi connectivity index (χ4n) is 3.12. The Kier molecular flexibility index (Phi) is 5.01. The third kappa shape index (κ3) is 3.45. The molecule has 2 fully saturated rings. The number of rotatable bonds is 4. The number of hydrogen-bond donors (Lipinski definition) is 1. The molecule has 1 saturated heterocycles. The summed E-state index contributed by atoms with van der Waals surface area (Å²) in [6.07, 6.45) is 6.10.